The number of hydrogen-bond donors (Lipinski definition) is 0. The third kappa shape index (κ3) is 6.63. The van der Waals surface area contributed by atoms with E-state index in [0.29, 0.717) is 5.41 Å². The van der Waals surface area contributed by atoms with E-state index >= 15 is 0 Å². The van der Waals surface area contributed by atoms with Gasteiger partial charge in [-0.1, -0.05) is 83.1 Å². The third-order valence-corrected chi connectivity index (χ3v) is 7.70. The molecule has 0 saturated heterocycles. The molecule has 0 atom stereocenters. The first-order valence-corrected chi connectivity index (χ1v) is 13.4. The van der Waals surface area contributed by atoms with E-state index in [2.05, 4.69) is 64.1 Å². The van der Waals surface area contributed by atoms with Gasteiger partial charge in [0.05, 0.1) is 6.61 Å². The molecule has 0 unspecified atom stereocenters. The number of rotatable bonds is 12. The van der Waals surface area contributed by atoms with E-state index in [1.54, 1.807) is 5.56 Å². The fraction of sp³-hybridized carbons (Fsp3) is 0.613. The van der Waals surface area contributed by atoms with Gasteiger partial charge < -0.3 is 4.74 Å². The van der Waals surface area contributed by atoms with Crippen molar-refractivity contribution in [2.45, 2.75) is 117 Å². The Labute approximate surface area is 198 Å². The van der Waals surface area contributed by atoms with Gasteiger partial charge in [-0.15, -0.1) is 0 Å². The van der Waals surface area contributed by atoms with Gasteiger partial charge in [-0.2, -0.15) is 0 Å². The molecule has 0 bridgehead atoms. The summed E-state index contributed by atoms with van der Waals surface area (Å²) in [5.41, 5.74) is 7.90. The molecule has 0 aliphatic heterocycles. The predicted molar refractivity (Wildman–Crippen MR) is 139 cm³/mol. The van der Waals surface area contributed by atoms with Crippen LogP contribution in [-0.4, -0.2) is 6.61 Å². The summed E-state index contributed by atoms with van der Waals surface area (Å²) < 4.78 is 5.88. The molecule has 1 nitrogen and oxygen atoms in total. The standard InChI is InChI=1S/C31H46O/c1-5-7-10-19-31(20-11-9-12-21-31)30-18-14-27(23-26(30)4)13-15-28-16-17-29(24-25(28)3)32-22-8-6-2/h14,16-18,23-24H,5-13,15,19-22H2,1-4H3. The summed E-state index contributed by atoms with van der Waals surface area (Å²) in [4.78, 5) is 0. The van der Waals surface area contributed by atoms with Gasteiger partial charge in [-0.3, -0.25) is 0 Å². The van der Waals surface area contributed by atoms with Crippen LogP contribution < -0.4 is 4.74 Å². The Morgan fingerprint density at radius 2 is 1.56 bits per heavy atom. The van der Waals surface area contributed by atoms with Crippen molar-refractivity contribution in [3.05, 3.63) is 64.2 Å². The van der Waals surface area contributed by atoms with E-state index in [1.165, 1.54) is 86.5 Å². The molecule has 0 N–H and O–H groups in total. The van der Waals surface area contributed by atoms with Crippen molar-refractivity contribution < 1.29 is 4.74 Å². The van der Waals surface area contributed by atoms with Crippen LogP contribution in [-0.2, 0) is 18.3 Å². The molecule has 176 valence electrons. The van der Waals surface area contributed by atoms with Crippen molar-refractivity contribution >= 4 is 0 Å². The molecule has 0 aromatic heterocycles. The normalized spacial score (nSPS) is 15.6. The highest BCUT2D eigenvalue weighted by Gasteiger charge is 2.34. The van der Waals surface area contributed by atoms with E-state index in [4.69, 9.17) is 4.74 Å². The summed E-state index contributed by atoms with van der Waals surface area (Å²) in [7, 11) is 0. The molecular formula is C31H46O. The van der Waals surface area contributed by atoms with E-state index in [-0.39, 0.29) is 0 Å². The summed E-state index contributed by atoms with van der Waals surface area (Å²) in [6.07, 6.45) is 17.0. The molecular weight excluding hydrogens is 388 g/mol. The van der Waals surface area contributed by atoms with Crippen LogP contribution in [0.4, 0.5) is 0 Å². The van der Waals surface area contributed by atoms with Crippen molar-refractivity contribution in [2.75, 3.05) is 6.61 Å². The van der Waals surface area contributed by atoms with Crippen LogP contribution in [0.25, 0.3) is 0 Å². The van der Waals surface area contributed by atoms with Gasteiger partial charge >= 0.3 is 0 Å². The Balaban J connectivity index is 1.66. The first-order chi connectivity index (χ1) is 15.6. The van der Waals surface area contributed by atoms with Gasteiger partial charge in [0, 0.05) is 0 Å². The minimum Gasteiger partial charge on any atom is -0.494 e. The lowest BCUT2D eigenvalue weighted by molar-refractivity contribution is 0.265. The van der Waals surface area contributed by atoms with E-state index in [9.17, 15) is 0 Å². The first-order valence-electron chi connectivity index (χ1n) is 13.4. The zero-order chi connectivity index (χ0) is 22.8. The van der Waals surface area contributed by atoms with Gasteiger partial charge in [0.15, 0.2) is 0 Å². The molecule has 3 rings (SSSR count). The highest BCUT2D eigenvalue weighted by Crippen LogP contribution is 2.44. The maximum absolute atomic E-state index is 5.88. The van der Waals surface area contributed by atoms with Crippen LogP contribution in [0.15, 0.2) is 36.4 Å². The van der Waals surface area contributed by atoms with Crippen LogP contribution in [0.5, 0.6) is 5.75 Å². The monoisotopic (exact) mass is 434 g/mol. The van der Waals surface area contributed by atoms with E-state index < -0.39 is 0 Å². The SMILES string of the molecule is CCCCCC1(c2ccc(CCc3ccc(OCCCC)cc3C)cc2C)CCCCC1. The molecule has 1 aliphatic carbocycles. The second kappa shape index (κ2) is 12.5. The summed E-state index contributed by atoms with van der Waals surface area (Å²) >= 11 is 0. The fourth-order valence-corrected chi connectivity index (χ4v) is 5.72. The van der Waals surface area contributed by atoms with Gasteiger partial charge in [0.1, 0.15) is 5.75 Å². The van der Waals surface area contributed by atoms with Crippen molar-refractivity contribution in [3.63, 3.8) is 0 Å². The fourth-order valence-electron chi connectivity index (χ4n) is 5.72. The number of aryl methyl sites for hydroxylation is 4. The molecule has 1 heteroatoms. The second-order valence-electron chi connectivity index (χ2n) is 10.2. The molecule has 0 spiro atoms. The van der Waals surface area contributed by atoms with E-state index in [1.807, 2.05) is 0 Å². The highest BCUT2D eigenvalue weighted by atomic mass is 16.5. The van der Waals surface area contributed by atoms with Gasteiger partial charge in [0.25, 0.3) is 0 Å². The maximum atomic E-state index is 5.88. The molecule has 2 aromatic rings. The minimum absolute atomic E-state index is 0.445. The lowest BCUT2D eigenvalue weighted by Gasteiger charge is -2.39. The van der Waals surface area contributed by atoms with Crippen molar-refractivity contribution in [3.8, 4) is 5.75 Å². The topological polar surface area (TPSA) is 9.23 Å². The van der Waals surface area contributed by atoms with Crippen molar-refractivity contribution in [1.29, 1.82) is 0 Å². The Morgan fingerprint density at radius 3 is 2.25 bits per heavy atom. The van der Waals surface area contributed by atoms with Crippen LogP contribution in [0.3, 0.4) is 0 Å². The Bertz CT molecular complexity index is 828. The number of benzene rings is 2. The number of hydrogen-bond acceptors (Lipinski definition) is 1. The zero-order valence-electron chi connectivity index (χ0n) is 21.3. The van der Waals surface area contributed by atoms with Gasteiger partial charge in [-0.05, 0) is 97.7 Å². The van der Waals surface area contributed by atoms with Crippen molar-refractivity contribution in [2.24, 2.45) is 0 Å². The summed E-state index contributed by atoms with van der Waals surface area (Å²) in [6.45, 7) is 9.93. The molecule has 32 heavy (non-hydrogen) atoms. The number of ether oxygens (including phenoxy) is 1. The zero-order valence-corrected chi connectivity index (χ0v) is 21.3. The Kier molecular flexibility index (Phi) is 9.69. The summed E-state index contributed by atoms with van der Waals surface area (Å²) in [6, 6.07) is 14.0. The van der Waals surface area contributed by atoms with Gasteiger partial charge in [-0.25, -0.2) is 0 Å². The summed E-state index contributed by atoms with van der Waals surface area (Å²) in [5, 5.41) is 0. The van der Waals surface area contributed by atoms with Crippen LogP contribution in [0.2, 0.25) is 0 Å². The van der Waals surface area contributed by atoms with Gasteiger partial charge in [0.2, 0.25) is 0 Å². The quantitative estimate of drug-likeness (QED) is 0.303. The Hall–Kier alpha value is -1.76. The highest BCUT2D eigenvalue weighted by molar-refractivity contribution is 5.39. The molecule has 0 radical (unpaired) electrons. The lowest BCUT2D eigenvalue weighted by atomic mass is 9.65. The second-order valence-corrected chi connectivity index (χ2v) is 10.2. The molecule has 1 fully saturated rings. The summed E-state index contributed by atoms with van der Waals surface area (Å²) in [5.74, 6) is 1.01. The molecule has 0 heterocycles. The minimum atomic E-state index is 0.445. The lowest BCUT2D eigenvalue weighted by Crippen LogP contribution is -2.30. The molecule has 0 amide bonds. The van der Waals surface area contributed by atoms with E-state index in [0.717, 1.165) is 31.6 Å². The predicted octanol–water partition coefficient (Wildman–Crippen LogP) is 9.05. The first kappa shape index (κ1) is 24.9. The molecule has 1 aliphatic rings. The number of unbranched alkanes of at least 4 members (excludes halogenated alkanes) is 3. The molecule has 2 aromatic carbocycles. The average molecular weight is 435 g/mol. The maximum Gasteiger partial charge on any atom is 0.119 e. The van der Waals surface area contributed by atoms with Crippen molar-refractivity contribution in [1.82, 2.24) is 0 Å². The van der Waals surface area contributed by atoms with Crippen LogP contribution in [0.1, 0.15) is 112 Å². The van der Waals surface area contributed by atoms with Crippen LogP contribution >= 0.6 is 0 Å². The van der Waals surface area contributed by atoms with Crippen LogP contribution in [0, 0.1) is 13.8 Å². The smallest absolute Gasteiger partial charge is 0.119 e. The third-order valence-electron chi connectivity index (χ3n) is 7.70. The Morgan fingerprint density at radius 1 is 0.781 bits per heavy atom. The average Bonchev–Trinajstić information content (AvgIpc) is 2.79. The largest absolute Gasteiger partial charge is 0.494 e. The molecule has 1 saturated carbocycles.